The maximum absolute atomic E-state index is 5.96. The lowest BCUT2D eigenvalue weighted by Gasteiger charge is -2.07. The third-order valence-corrected chi connectivity index (χ3v) is 2.79. The highest BCUT2D eigenvalue weighted by molar-refractivity contribution is 6.32. The molecule has 0 spiro atoms. The number of ether oxygens (including phenoxy) is 1. The average Bonchev–Trinajstić information content (AvgIpc) is 2.38. The molecule has 0 unspecified atom stereocenters. The van der Waals surface area contributed by atoms with E-state index in [2.05, 4.69) is 17.1 Å². The van der Waals surface area contributed by atoms with Crippen LogP contribution in [0.15, 0.2) is 42.6 Å². The monoisotopic (exact) mass is 262 g/mol. The Labute approximate surface area is 112 Å². The van der Waals surface area contributed by atoms with Gasteiger partial charge in [-0.2, -0.15) is 0 Å². The molecule has 0 saturated carbocycles. The molecular weight excluding hydrogens is 248 g/mol. The summed E-state index contributed by atoms with van der Waals surface area (Å²) in [6.07, 6.45) is 3.44. The number of rotatable bonds is 5. The van der Waals surface area contributed by atoms with Crippen molar-refractivity contribution >= 4 is 17.3 Å². The standard InChI is InChI=1S/C14H15ClN2O/c15-13-9-12(16)10-17-14(13)18-8-4-7-11-5-2-1-3-6-11/h1-3,5-6,9-10H,4,7-8,16H2. The van der Waals surface area contributed by atoms with Gasteiger partial charge in [0.05, 0.1) is 18.5 Å². The number of nitrogens with two attached hydrogens (primary N) is 1. The van der Waals surface area contributed by atoms with Gasteiger partial charge < -0.3 is 10.5 Å². The summed E-state index contributed by atoms with van der Waals surface area (Å²) in [6.45, 7) is 0.589. The van der Waals surface area contributed by atoms with Gasteiger partial charge in [-0.3, -0.25) is 0 Å². The van der Waals surface area contributed by atoms with Gasteiger partial charge in [-0.1, -0.05) is 41.9 Å². The van der Waals surface area contributed by atoms with Crippen LogP contribution in [0, 0.1) is 0 Å². The van der Waals surface area contributed by atoms with Gasteiger partial charge in [0.2, 0.25) is 5.88 Å². The van der Waals surface area contributed by atoms with Crippen molar-refractivity contribution in [1.82, 2.24) is 4.98 Å². The van der Waals surface area contributed by atoms with Crippen molar-refractivity contribution in [3.05, 3.63) is 53.2 Å². The second kappa shape index (κ2) is 6.26. The summed E-state index contributed by atoms with van der Waals surface area (Å²) in [5.74, 6) is 0.443. The normalized spacial score (nSPS) is 10.3. The molecule has 18 heavy (non-hydrogen) atoms. The Morgan fingerprint density at radius 2 is 2.00 bits per heavy atom. The predicted molar refractivity (Wildman–Crippen MR) is 73.9 cm³/mol. The quantitative estimate of drug-likeness (QED) is 0.841. The minimum absolute atomic E-state index is 0.443. The maximum Gasteiger partial charge on any atom is 0.232 e. The van der Waals surface area contributed by atoms with E-state index < -0.39 is 0 Å². The van der Waals surface area contributed by atoms with Crippen LogP contribution in [0.25, 0.3) is 0 Å². The lowest BCUT2D eigenvalue weighted by atomic mass is 10.1. The molecule has 4 heteroatoms. The van der Waals surface area contributed by atoms with Crippen molar-refractivity contribution in [3.63, 3.8) is 0 Å². The van der Waals surface area contributed by atoms with Gasteiger partial charge in [0.25, 0.3) is 0 Å². The molecule has 2 rings (SSSR count). The highest BCUT2D eigenvalue weighted by Gasteiger charge is 2.03. The zero-order valence-corrected chi connectivity index (χ0v) is 10.7. The third kappa shape index (κ3) is 3.64. The van der Waals surface area contributed by atoms with Crippen molar-refractivity contribution in [2.75, 3.05) is 12.3 Å². The Morgan fingerprint density at radius 1 is 1.22 bits per heavy atom. The smallest absolute Gasteiger partial charge is 0.232 e. The molecule has 0 fully saturated rings. The van der Waals surface area contributed by atoms with E-state index in [-0.39, 0.29) is 0 Å². The number of hydrogen-bond acceptors (Lipinski definition) is 3. The van der Waals surface area contributed by atoms with E-state index in [1.807, 2.05) is 18.2 Å². The van der Waals surface area contributed by atoms with E-state index in [0.29, 0.717) is 23.2 Å². The van der Waals surface area contributed by atoms with Crippen LogP contribution in [-0.4, -0.2) is 11.6 Å². The molecule has 0 aliphatic heterocycles. The molecule has 0 amide bonds. The molecule has 1 heterocycles. The molecule has 3 nitrogen and oxygen atoms in total. The van der Waals surface area contributed by atoms with Crippen molar-refractivity contribution in [2.24, 2.45) is 0 Å². The van der Waals surface area contributed by atoms with E-state index in [1.54, 1.807) is 12.3 Å². The van der Waals surface area contributed by atoms with E-state index in [0.717, 1.165) is 12.8 Å². The number of halogens is 1. The average molecular weight is 263 g/mol. The van der Waals surface area contributed by atoms with Gasteiger partial charge in [-0.05, 0) is 24.5 Å². The van der Waals surface area contributed by atoms with Gasteiger partial charge in [0.1, 0.15) is 5.02 Å². The zero-order chi connectivity index (χ0) is 12.8. The highest BCUT2D eigenvalue weighted by atomic mass is 35.5. The molecule has 0 atom stereocenters. The summed E-state index contributed by atoms with van der Waals surface area (Å²) in [5, 5.41) is 0.453. The summed E-state index contributed by atoms with van der Waals surface area (Å²) in [4.78, 5) is 4.04. The number of benzene rings is 1. The number of pyridine rings is 1. The predicted octanol–water partition coefficient (Wildman–Crippen LogP) is 3.33. The molecule has 0 saturated heterocycles. The molecule has 0 aliphatic carbocycles. The molecule has 0 aliphatic rings. The van der Waals surface area contributed by atoms with Crippen molar-refractivity contribution in [3.8, 4) is 5.88 Å². The zero-order valence-electron chi connectivity index (χ0n) is 9.97. The number of anilines is 1. The van der Waals surface area contributed by atoms with Gasteiger partial charge in [-0.15, -0.1) is 0 Å². The Hall–Kier alpha value is -1.74. The van der Waals surface area contributed by atoms with Crippen LogP contribution in [0.5, 0.6) is 5.88 Å². The fourth-order valence-electron chi connectivity index (χ4n) is 1.64. The van der Waals surface area contributed by atoms with Crippen LogP contribution < -0.4 is 10.5 Å². The van der Waals surface area contributed by atoms with E-state index in [9.17, 15) is 0 Å². The summed E-state index contributed by atoms with van der Waals surface area (Å²) in [7, 11) is 0. The van der Waals surface area contributed by atoms with Crippen LogP contribution in [0.1, 0.15) is 12.0 Å². The topological polar surface area (TPSA) is 48.1 Å². The van der Waals surface area contributed by atoms with Gasteiger partial charge >= 0.3 is 0 Å². The first kappa shape index (κ1) is 12.7. The van der Waals surface area contributed by atoms with Crippen molar-refractivity contribution in [1.29, 1.82) is 0 Å². The van der Waals surface area contributed by atoms with Gasteiger partial charge in [0.15, 0.2) is 0 Å². The molecule has 1 aromatic heterocycles. The summed E-state index contributed by atoms with van der Waals surface area (Å²) >= 11 is 5.96. The lowest BCUT2D eigenvalue weighted by Crippen LogP contribution is -2.01. The molecular formula is C14H15ClN2O. The number of nitrogen functional groups attached to an aromatic ring is 1. The minimum atomic E-state index is 0.443. The van der Waals surface area contributed by atoms with E-state index >= 15 is 0 Å². The maximum atomic E-state index is 5.96. The molecule has 94 valence electrons. The van der Waals surface area contributed by atoms with Crippen LogP contribution in [0.2, 0.25) is 5.02 Å². The van der Waals surface area contributed by atoms with Crippen LogP contribution in [-0.2, 0) is 6.42 Å². The van der Waals surface area contributed by atoms with E-state index in [4.69, 9.17) is 22.1 Å². The third-order valence-electron chi connectivity index (χ3n) is 2.52. The number of nitrogens with zero attached hydrogens (tertiary/aromatic N) is 1. The number of hydrogen-bond donors (Lipinski definition) is 1. The first-order chi connectivity index (χ1) is 8.75. The second-order valence-electron chi connectivity index (χ2n) is 3.99. The van der Waals surface area contributed by atoms with Gasteiger partial charge in [0, 0.05) is 0 Å². The SMILES string of the molecule is Nc1cnc(OCCCc2ccccc2)c(Cl)c1. The molecule has 0 bridgehead atoms. The summed E-state index contributed by atoms with van der Waals surface area (Å²) in [5.41, 5.74) is 7.40. The fourth-order valence-corrected chi connectivity index (χ4v) is 1.87. The van der Waals surface area contributed by atoms with E-state index in [1.165, 1.54) is 5.56 Å². The van der Waals surface area contributed by atoms with Crippen molar-refractivity contribution < 1.29 is 4.74 Å². The lowest BCUT2D eigenvalue weighted by molar-refractivity contribution is 0.299. The highest BCUT2D eigenvalue weighted by Crippen LogP contribution is 2.23. The number of aryl methyl sites for hydroxylation is 1. The second-order valence-corrected chi connectivity index (χ2v) is 4.40. The first-order valence-corrected chi connectivity index (χ1v) is 6.21. The Balaban J connectivity index is 1.79. The Bertz CT molecular complexity index is 502. The van der Waals surface area contributed by atoms with Crippen LogP contribution in [0.3, 0.4) is 0 Å². The van der Waals surface area contributed by atoms with Crippen LogP contribution >= 0.6 is 11.6 Å². The van der Waals surface area contributed by atoms with Crippen LogP contribution in [0.4, 0.5) is 5.69 Å². The van der Waals surface area contributed by atoms with Crippen molar-refractivity contribution in [2.45, 2.75) is 12.8 Å². The molecule has 2 N–H and O–H groups in total. The molecule has 0 radical (unpaired) electrons. The number of aromatic nitrogens is 1. The summed E-state index contributed by atoms with van der Waals surface area (Å²) < 4.78 is 5.51. The van der Waals surface area contributed by atoms with Gasteiger partial charge in [-0.25, -0.2) is 4.98 Å². The molecule has 2 aromatic rings. The first-order valence-electron chi connectivity index (χ1n) is 5.83. The fraction of sp³-hybridized carbons (Fsp3) is 0.214. The largest absolute Gasteiger partial charge is 0.477 e. The molecule has 1 aromatic carbocycles. The Morgan fingerprint density at radius 3 is 2.72 bits per heavy atom. The minimum Gasteiger partial charge on any atom is -0.477 e. The Kier molecular flexibility index (Phi) is 4.42. The summed E-state index contributed by atoms with van der Waals surface area (Å²) in [6, 6.07) is 11.9.